The molecule has 0 saturated heterocycles. The number of carbonyl (C=O) groups excluding carboxylic acids is 1. The van der Waals surface area contributed by atoms with E-state index in [0.717, 1.165) is 28.8 Å². The van der Waals surface area contributed by atoms with Gasteiger partial charge in [0.15, 0.2) is 12.3 Å². The number of ether oxygens (including phenoxy) is 1. The summed E-state index contributed by atoms with van der Waals surface area (Å²) < 4.78 is 7.51. The maximum absolute atomic E-state index is 11.9. The van der Waals surface area contributed by atoms with Crippen molar-refractivity contribution in [1.82, 2.24) is 24.6 Å². The highest BCUT2D eigenvalue weighted by atomic mass is 16.5. The number of aryl methyl sites for hydroxylation is 1. The van der Waals surface area contributed by atoms with Crippen LogP contribution in [0.1, 0.15) is 24.9 Å². The third-order valence-electron chi connectivity index (χ3n) is 4.39. The summed E-state index contributed by atoms with van der Waals surface area (Å²) in [5.74, 6) is 1.32. The lowest BCUT2D eigenvalue weighted by atomic mass is 10.0. The average molecular weight is 368 g/mol. The normalized spacial score (nSPS) is 12.0. The number of likely N-dealkylation sites (N-methyl/N-ethyl adjacent to an activating group) is 1. The van der Waals surface area contributed by atoms with Crippen molar-refractivity contribution in [3.05, 3.63) is 42.4 Å². The summed E-state index contributed by atoms with van der Waals surface area (Å²) in [6.07, 6.45) is 4.09. The third kappa shape index (κ3) is 3.99. The van der Waals surface area contributed by atoms with E-state index in [0.29, 0.717) is 5.75 Å². The Bertz CT molecular complexity index is 937. The van der Waals surface area contributed by atoms with Gasteiger partial charge in [-0.3, -0.25) is 9.48 Å². The predicted octanol–water partition coefficient (Wildman–Crippen LogP) is 2.39. The van der Waals surface area contributed by atoms with E-state index < -0.39 is 0 Å². The quantitative estimate of drug-likeness (QED) is 0.689. The molecule has 2 heterocycles. The van der Waals surface area contributed by atoms with Crippen molar-refractivity contribution in [2.24, 2.45) is 7.05 Å². The minimum Gasteiger partial charge on any atom is -0.483 e. The van der Waals surface area contributed by atoms with Gasteiger partial charge < -0.3 is 15.0 Å². The Hall–Kier alpha value is -3.16. The van der Waals surface area contributed by atoms with Crippen LogP contribution in [0.15, 0.2) is 36.8 Å². The first-order valence-electron chi connectivity index (χ1n) is 8.82. The van der Waals surface area contributed by atoms with E-state index in [4.69, 9.17) is 4.74 Å². The number of hydrogen-bond donors (Lipinski definition) is 1. The number of fused-ring (bicyclic) bond motifs is 1. The molecule has 8 heteroatoms. The number of anilines is 1. The lowest BCUT2D eigenvalue weighted by Crippen LogP contribution is -2.28. The van der Waals surface area contributed by atoms with Crippen molar-refractivity contribution in [2.45, 2.75) is 19.4 Å². The van der Waals surface area contributed by atoms with Gasteiger partial charge >= 0.3 is 0 Å². The summed E-state index contributed by atoms with van der Waals surface area (Å²) >= 11 is 0. The topological polar surface area (TPSA) is 85.2 Å². The van der Waals surface area contributed by atoms with Gasteiger partial charge in [-0.05, 0) is 12.5 Å². The second-order valence-electron chi connectivity index (χ2n) is 6.45. The molecule has 3 rings (SSSR count). The molecule has 2 aromatic heterocycles. The number of nitrogens with zero attached hydrogens (tertiary/aromatic N) is 5. The van der Waals surface area contributed by atoms with Gasteiger partial charge in [0, 0.05) is 26.7 Å². The second kappa shape index (κ2) is 8.03. The van der Waals surface area contributed by atoms with Crippen molar-refractivity contribution < 1.29 is 9.53 Å². The van der Waals surface area contributed by atoms with Crippen molar-refractivity contribution in [1.29, 1.82) is 0 Å². The van der Waals surface area contributed by atoms with E-state index in [1.165, 1.54) is 11.2 Å². The van der Waals surface area contributed by atoms with Crippen molar-refractivity contribution in [3.8, 4) is 5.75 Å². The highest BCUT2D eigenvalue weighted by Gasteiger charge is 2.18. The minimum absolute atomic E-state index is 0.000799. The molecule has 0 saturated carbocycles. The first kappa shape index (κ1) is 18.6. The molecule has 0 spiro atoms. The fourth-order valence-electron chi connectivity index (χ4n) is 2.81. The molecule has 27 heavy (non-hydrogen) atoms. The van der Waals surface area contributed by atoms with E-state index in [-0.39, 0.29) is 18.6 Å². The molecule has 3 aromatic rings. The first-order chi connectivity index (χ1) is 13.0. The molecule has 1 amide bonds. The zero-order valence-electron chi connectivity index (χ0n) is 16.0. The zero-order chi connectivity index (χ0) is 19.4. The van der Waals surface area contributed by atoms with Gasteiger partial charge in [-0.15, -0.1) is 0 Å². The summed E-state index contributed by atoms with van der Waals surface area (Å²) in [4.78, 5) is 22.0. The molecule has 1 aromatic carbocycles. The van der Waals surface area contributed by atoms with Crippen LogP contribution >= 0.6 is 0 Å². The second-order valence-corrected chi connectivity index (χ2v) is 6.45. The van der Waals surface area contributed by atoms with Crippen LogP contribution in [0.25, 0.3) is 11.0 Å². The molecule has 1 unspecified atom stereocenters. The molecule has 0 fully saturated rings. The lowest BCUT2D eigenvalue weighted by Gasteiger charge is -2.21. The largest absolute Gasteiger partial charge is 0.483 e. The number of aromatic nitrogens is 4. The van der Waals surface area contributed by atoms with Gasteiger partial charge in [0.2, 0.25) is 0 Å². The predicted molar refractivity (Wildman–Crippen MR) is 104 cm³/mol. The summed E-state index contributed by atoms with van der Waals surface area (Å²) in [6.45, 7) is 2.09. The monoisotopic (exact) mass is 368 g/mol. The van der Waals surface area contributed by atoms with Crippen LogP contribution in [-0.4, -0.2) is 51.3 Å². The number of rotatable bonds is 7. The molecule has 1 N–H and O–H groups in total. The Kier molecular flexibility index (Phi) is 5.54. The number of para-hydroxylation sites is 1. The number of hydrogen-bond acceptors (Lipinski definition) is 6. The number of amides is 1. The zero-order valence-corrected chi connectivity index (χ0v) is 16.0. The Morgan fingerprint density at radius 2 is 2.07 bits per heavy atom. The Morgan fingerprint density at radius 1 is 1.30 bits per heavy atom. The van der Waals surface area contributed by atoms with Gasteiger partial charge in [-0.1, -0.05) is 25.1 Å². The standard InChI is InChI=1S/C19H24N6O2/c1-5-15(23-18-14-10-22-25(4)19(14)21-12-20-18)13-8-6-7-9-16(13)27-11-17(26)24(2)3/h6-10,12,15H,5,11H2,1-4H3,(H,20,21,23). The summed E-state index contributed by atoms with van der Waals surface area (Å²) in [5.41, 5.74) is 1.74. The van der Waals surface area contributed by atoms with Gasteiger partial charge in [0.25, 0.3) is 5.91 Å². The maximum atomic E-state index is 11.9. The van der Waals surface area contributed by atoms with Gasteiger partial charge in [-0.2, -0.15) is 5.10 Å². The molecule has 0 radical (unpaired) electrons. The van der Waals surface area contributed by atoms with Crippen LogP contribution in [0.2, 0.25) is 0 Å². The van der Waals surface area contributed by atoms with Crippen LogP contribution in [0.3, 0.4) is 0 Å². The average Bonchev–Trinajstić information content (AvgIpc) is 3.06. The van der Waals surface area contributed by atoms with Crippen LogP contribution in [0, 0.1) is 0 Å². The van der Waals surface area contributed by atoms with Crippen LogP contribution in [0.5, 0.6) is 5.75 Å². The van der Waals surface area contributed by atoms with Gasteiger partial charge in [0.05, 0.1) is 17.6 Å². The minimum atomic E-state index is -0.0846. The smallest absolute Gasteiger partial charge is 0.259 e. The van der Waals surface area contributed by atoms with Gasteiger partial charge in [0.1, 0.15) is 17.9 Å². The van der Waals surface area contributed by atoms with Crippen molar-refractivity contribution in [2.75, 3.05) is 26.0 Å². The molecule has 0 aliphatic carbocycles. The molecular weight excluding hydrogens is 344 g/mol. The van der Waals surface area contributed by atoms with Crippen LogP contribution in [0.4, 0.5) is 5.82 Å². The highest BCUT2D eigenvalue weighted by Crippen LogP contribution is 2.31. The molecule has 142 valence electrons. The molecule has 0 aliphatic heterocycles. The van der Waals surface area contributed by atoms with E-state index in [2.05, 4.69) is 27.3 Å². The number of nitrogens with one attached hydrogen (secondary N) is 1. The lowest BCUT2D eigenvalue weighted by molar-refractivity contribution is -0.130. The van der Waals surface area contributed by atoms with E-state index >= 15 is 0 Å². The van der Waals surface area contributed by atoms with E-state index in [1.54, 1.807) is 25.0 Å². The Balaban J connectivity index is 1.86. The first-order valence-corrected chi connectivity index (χ1v) is 8.82. The number of benzene rings is 1. The fourth-order valence-corrected chi connectivity index (χ4v) is 2.81. The third-order valence-corrected chi connectivity index (χ3v) is 4.39. The van der Waals surface area contributed by atoms with Crippen LogP contribution < -0.4 is 10.1 Å². The van der Waals surface area contributed by atoms with E-state index in [9.17, 15) is 4.79 Å². The molecule has 0 bridgehead atoms. The summed E-state index contributed by atoms with van der Waals surface area (Å²) in [7, 11) is 5.27. The highest BCUT2D eigenvalue weighted by molar-refractivity contribution is 5.86. The summed E-state index contributed by atoms with van der Waals surface area (Å²) in [5, 5.41) is 8.59. The van der Waals surface area contributed by atoms with Crippen LogP contribution in [-0.2, 0) is 11.8 Å². The van der Waals surface area contributed by atoms with Gasteiger partial charge in [-0.25, -0.2) is 9.97 Å². The molecule has 0 aliphatic rings. The number of carbonyl (C=O) groups is 1. The summed E-state index contributed by atoms with van der Waals surface area (Å²) in [6, 6.07) is 7.70. The molecule has 1 atom stereocenters. The van der Waals surface area contributed by atoms with E-state index in [1.807, 2.05) is 31.3 Å². The maximum Gasteiger partial charge on any atom is 0.259 e. The molecule has 8 nitrogen and oxygen atoms in total. The Morgan fingerprint density at radius 3 is 2.81 bits per heavy atom. The van der Waals surface area contributed by atoms with Crippen molar-refractivity contribution >= 4 is 22.8 Å². The molecular formula is C19H24N6O2. The Labute approximate surface area is 158 Å². The SMILES string of the molecule is CCC(Nc1ncnc2c1cnn2C)c1ccccc1OCC(=O)N(C)C. The van der Waals surface area contributed by atoms with Crippen molar-refractivity contribution in [3.63, 3.8) is 0 Å². The fraction of sp³-hybridized carbons (Fsp3) is 0.368.